The zero-order valence-electron chi connectivity index (χ0n) is 29.4. The monoisotopic (exact) mass is 878 g/mol. The molecule has 0 bridgehead atoms. The number of carbonyl (C=O) groups is 3. The molecule has 0 atom stereocenters. The molecule has 0 aromatic heterocycles. The second-order valence-corrected chi connectivity index (χ2v) is 13.7. The summed E-state index contributed by atoms with van der Waals surface area (Å²) in [4.78, 5) is 36.5. The first-order chi connectivity index (χ1) is 25.0. The van der Waals surface area contributed by atoms with Gasteiger partial charge in [0.15, 0.2) is 0 Å². The Hall–Kier alpha value is -4.35. The minimum absolute atomic E-state index is 0. The molecule has 6 aromatic rings. The average molecular weight is 880 g/mol. The van der Waals surface area contributed by atoms with Crippen LogP contribution in [0, 0.1) is 0 Å². The van der Waals surface area contributed by atoms with E-state index in [9.17, 15) is 14.4 Å². The van der Waals surface area contributed by atoms with Crippen LogP contribution in [0.25, 0.3) is 0 Å². The van der Waals surface area contributed by atoms with Crippen molar-refractivity contribution in [1.82, 2.24) is 0 Å². The molecule has 3 aliphatic carbocycles. The van der Waals surface area contributed by atoms with E-state index in [2.05, 4.69) is 72.8 Å². The van der Waals surface area contributed by atoms with E-state index in [0.717, 1.165) is 52.6 Å². The van der Waals surface area contributed by atoms with E-state index in [0.29, 0.717) is 36.6 Å². The largest absolute Gasteiger partial charge is 0.298 e. The van der Waals surface area contributed by atoms with Gasteiger partial charge in [0.1, 0.15) is 17.3 Å². The minimum atomic E-state index is -0.372. The Morgan fingerprint density at radius 1 is 0.264 bits per heavy atom. The van der Waals surface area contributed by atoms with Crippen LogP contribution in [-0.2, 0) is 71.5 Å². The molecule has 0 spiro atoms. The van der Waals surface area contributed by atoms with Gasteiger partial charge in [0.25, 0.3) is 0 Å². The Kier molecular flexibility index (Phi) is 13.3. The van der Waals surface area contributed by atoms with Crippen molar-refractivity contribution in [2.24, 2.45) is 0 Å². The quantitative estimate of drug-likeness (QED) is 0.157. The molecule has 0 unspecified atom stereocenters. The molecule has 5 heteroatoms. The first kappa shape index (κ1) is 39.9. The number of carbonyl (C=O) groups excluding carboxylic acids is 3. The molecule has 3 nitrogen and oxygen atoms in total. The van der Waals surface area contributed by atoms with Crippen LogP contribution >= 0.6 is 0 Å². The van der Waals surface area contributed by atoms with E-state index < -0.39 is 0 Å². The van der Waals surface area contributed by atoms with Gasteiger partial charge in [-0.05, 0) is 52.6 Å². The van der Waals surface area contributed by atoms with E-state index in [1.54, 1.807) is 0 Å². The molecule has 9 rings (SSSR count). The van der Waals surface area contributed by atoms with Gasteiger partial charge < -0.3 is 0 Å². The van der Waals surface area contributed by atoms with Gasteiger partial charge in [-0.1, -0.05) is 182 Å². The summed E-state index contributed by atoms with van der Waals surface area (Å²) in [5.41, 5.74) is 5.65. The maximum atomic E-state index is 12.2. The van der Waals surface area contributed by atoms with E-state index in [-0.39, 0.29) is 57.1 Å². The molecule has 0 heterocycles. The van der Waals surface area contributed by atoms with Gasteiger partial charge in [-0.25, -0.2) is 0 Å². The molecular weight excluding hydrogens is 837 g/mol. The zero-order chi connectivity index (χ0) is 35.2. The van der Waals surface area contributed by atoms with E-state index in [1.807, 2.05) is 109 Å². The summed E-state index contributed by atoms with van der Waals surface area (Å²) in [6, 6.07) is 60.7. The number of rotatable bonds is 6. The fraction of sp³-hybridized carbons (Fsp3) is 0.188. The van der Waals surface area contributed by atoms with E-state index in [4.69, 9.17) is 0 Å². The molecule has 3 fully saturated rings. The molecule has 272 valence electrons. The van der Waals surface area contributed by atoms with Crippen LogP contribution in [0.4, 0.5) is 0 Å². The molecule has 3 saturated carbocycles. The van der Waals surface area contributed by atoms with Crippen LogP contribution in [0.3, 0.4) is 0 Å². The fourth-order valence-corrected chi connectivity index (χ4v) is 8.10. The number of ketones is 3. The predicted octanol–water partition coefficient (Wildman–Crippen LogP) is 10.0. The smallest absolute Gasteiger partial charge is 0.147 e. The maximum Gasteiger partial charge on any atom is 0.147 e. The first-order valence-electron chi connectivity index (χ1n) is 17.9. The topological polar surface area (TPSA) is 51.2 Å². The third kappa shape index (κ3) is 7.43. The van der Waals surface area contributed by atoms with Crippen LogP contribution in [0.1, 0.15) is 71.9 Å². The van der Waals surface area contributed by atoms with Crippen molar-refractivity contribution < 1.29 is 55.2 Å². The Bertz CT molecular complexity index is 1720. The number of hydrogen-bond acceptors (Lipinski definition) is 3. The van der Waals surface area contributed by atoms with Gasteiger partial charge in [0.05, 0.1) is 16.2 Å². The van der Waals surface area contributed by atoms with Gasteiger partial charge >= 0.3 is 0 Å². The molecule has 0 aliphatic heterocycles. The molecular formula is C48H42O3Pd2. The summed E-state index contributed by atoms with van der Waals surface area (Å²) < 4.78 is 0. The van der Waals surface area contributed by atoms with Gasteiger partial charge in [-0.15, -0.1) is 0 Å². The number of benzene rings is 6. The van der Waals surface area contributed by atoms with Crippen molar-refractivity contribution in [3.8, 4) is 0 Å². The van der Waals surface area contributed by atoms with Gasteiger partial charge in [0, 0.05) is 60.1 Å². The van der Waals surface area contributed by atoms with Gasteiger partial charge in [0.2, 0.25) is 0 Å². The first-order valence-corrected chi connectivity index (χ1v) is 17.9. The summed E-state index contributed by atoms with van der Waals surface area (Å²) in [7, 11) is 0. The van der Waals surface area contributed by atoms with Gasteiger partial charge in [-0.3, -0.25) is 14.4 Å². The third-order valence-corrected chi connectivity index (χ3v) is 11.2. The second-order valence-electron chi connectivity index (χ2n) is 13.7. The van der Waals surface area contributed by atoms with Crippen LogP contribution in [-0.4, -0.2) is 17.3 Å². The number of Topliss-reactive ketones (excluding diaryl/α,β-unsaturated/α-hetero) is 3. The Morgan fingerprint density at radius 2 is 0.415 bits per heavy atom. The van der Waals surface area contributed by atoms with E-state index in [1.165, 1.54) is 0 Å². The van der Waals surface area contributed by atoms with Crippen LogP contribution in [0.15, 0.2) is 182 Å². The standard InChI is InChI=1S/3C16H14O.2Pd/c3*17-15-11-12-16(15,13-7-3-1-4-8-13)14-9-5-2-6-10-14;;/h3*1-10H,11-12H2;;. The maximum absolute atomic E-state index is 12.2. The summed E-state index contributed by atoms with van der Waals surface area (Å²) in [5, 5.41) is 0. The minimum Gasteiger partial charge on any atom is -0.298 e. The Labute approximate surface area is 340 Å². The molecule has 0 radical (unpaired) electrons. The molecule has 3 aliphatic rings. The van der Waals surface area contributed by atoms with Crippen molar-refractivity contribution in [2.75, 3.05) is 0 Å². The Morgan fingerprint density at radius 3 is 0.509 bits per heavy atom. The van der Waals surface area contributed by atoms with Gasteiger partial charge in [-0.2, -0.15) is 0 Å². The molecule has 53 heavy (non-hydrogen) atoms. The van der Waals surface area contributed by atoms with Crippen molar-refractivity contribution in [3.63, 3.8) is 0 Å². The van der Waals surface area contributed by atoms with Crippen molar-refractivity contribution in [3.05, 3.63) is 215 Å². The Balaban J connectivity index is 0.000000150. The molecule has 0 N–H and O–H groups in total. The van der Waals surface area contributed by atoms with Crippen molar-refractivity contribution in [2.45, 2.75) is 54.8 Å². The summed E-state index contributed by atoms with van der Waals surface area (Å²) in [6.07, 6.45) is 4.89. The SMILES string of the molecule is O=C1CCC1(c1ccccc1)c1ccccc1.O=C1CCC1(c1ccccc1)c1ccccc1.O=C1CCC1(c1ccccc1)c1ccccc1.[Pd].[Pd]. The summed E-state index contributed by atoms with van der Waals surface area (Å²) in [6.45, 7) is 0. The predicted molar refractivity (Wildman–Crippen MR) is 204 cm³/mol. The fourth-order valence-electron chi connectivity index (χ4n) is 8.10. The second kappa shape index (κ2) is 17.7. The molecule has 6 aromatic carbocycles. The normalized spacial score (nSPS) is 16.9. The van der Waals surface area contributed by atoms with Crippen LogP contribution in [0.2, 0.25) is 0 Å². The molecule has 0 amide bonds. The zero-order valence-corrected chi connectivity index (χ0v) is 32.5. The van der Waals surface area contributed by atoms with Crippen LogP contribution in [0.5, 0.6) is 0 Å². The molecule has 0 saturated heterocycles. The van der Waals surface area contributed by atoms with Crippen molar-refractivity contribution in [1.29, 1.82) is 0 Å². The average Bonchev–Trinajstić information content (AvgIpc) is 3.20. The summed E-state index contributed by atoms with van der Waals surface area (Å²) in [5.74, 6) is 1.03. The third-order valence-electron chi connectivity index (χ3n) is 11.2. The summed E-state index contributed by atoms with van der Waals surface area (Å²) >= 11 is 0. The van der Waals surface area contributed by atoms with E-state index >= 15 is 0 Å². The van der Waals surface area contributed by atoms with Crippen molar-refractivity contribution >= 4 is 17.3 Å². The number of hydrogen-bond donors (Lipinski definition) is 0. The van der Waals surface area contributed by atoms with Crippen LogP contribution < -0.4 is 0 Å².